The van der Waals surface area contributed by atoms with Gasteiger partial charge >= 0.3 is 0 Å². The van der Waals surface area contributed by atoms with Crippen LogP contribution in [-0.4, -0.2) is 46.8 Å². The van der Waals surface area contributed by atoms with Crippen LogP contribution >= 0.6 is 0 Å². The molecule has 6 rings (SSSR count). The lowest BCUT2D eigenvalue weighted by Gasteiger charge is -2.33. The first kappa shape index (κ1) is 29.4. The molecular formula is C40H40N2O2. The summed E-state index contributed by atoms with van der Waals surface area (Å²) in [5.74, 6) is 0.142. The van der Waals surface area contributed by atoms with E-state index in [4.69, 9.17) is 0 Å². The van der Waals surface area contributed by atoms with Crippen molar-refractivity contribution < 1.29 is 9.59 Å². The summed E-state index contributed by atoms with van der Waals surface area (Å²) >= 11 is 0. The molecule has 2 aliphatic rings. The molecule has 0 bridgehead atoms. The van der Waals surface area contributed by atoms with Crippen LogP contribution in [0.1, 0.15) is 64.6 Å². The van der Waals surface area contributed by atoms with Gasteiger partial charge in [-0.05, 0) is 77.8 Å². The Morgan fingerprint density at radius 2 is 1.18 bits per heavy atom. The van der Waals surface area contributed by atoms with E-state index >= 15 is 0 Å². The first-order valence-corrected chi connectivity index (χ1v) is 15.7. The summed E-state index contributed by atoms with van der Waals surface area (Å²) in [6.07, 6.45) is 6.68. The van der Waals surface area contributed by atoms with Gasteiger partial charge < -0.3 is 9.80 Å². The molecule has 0 unspecified atom stereocenters. The number of benzene rings is 4. The fourth-order valence-corrected chi connectivity index (χ4v) is 7.32. The third-order valence-electron chi connectivity index (χ3n) is 9.56. The van der Waals surface area contributed by atoms with Crippen LogP contribution in [0.3, 0.4) is 0 Å². The topological polar surface area (TPSA) is 40.6 Å². The molecule has 2 aliphatic heterocycles. The lowest BCUT2D eigenvalue weighted by atomic mass is 9.83. The number of hydrogen-bond donors (Lipinski definition) is 0. The molecule has 0 aliphatic carbocycles. The normalized spacial score (nSPS) is 21.6. The molecule has 2 heterocycles. The minimum atomic E-state index is -0.0421. The Bertz CT molecular complexity index is 1680. The summed E-state index contributed by atoms with van der Waals surface area (Å²) in [4.78, 5) is 30.6. The average Bonchev–Trinajstić information content (AvgIpc) is 3.30. The van der Waals surface area contributed by atoms with Crippen molar-refractivity contribution in [3.63, 3.8) is 0 Å². The second kappa shape index (κ2) is 12.9. The van der Waals surface area contributed by atoms with Crippen LogP contribution in [-0.2, 0) is 22.4 Å². The van der Waals surface area contributed by atoms with E-state index in [1.54, 1.807) is 6.08 Å². The summed E-state index contributed by atoms with van der Waals surface area (Å²) in [5.41, 5.74) is 8.47. The molecule has 4 atom stereocenters. The van der Waals surface area contributed by atoms with E-state index in [9.17, 15) is 9.59 Å². The molecular weight excluding hydrogens is 540 g/mol. The van der Waals surface area contributed by atoms with E-state index in [0.29, 0.717) is 13.1 Å². The van der Waals surface area contributed by atoms with Crippen molar-refractivity contribution in [1.29, 1.82) is 0 Å². The van der Waals surface area contributed by atoms with Gasteiger partial charge in [0.2, 0.25) is 11.8 Å². The fraction of sp³-hybridized carbons (Fsp3) is 0.250. The average molecular weight is 581 g/mol. The standard InChI is InChI=1S/C40H40N2O2/c1-4-37(43)41-26-24-34-27-30(19-21-36(34)40(28(41)2)33-16-9-6-10-17-33)20-22-38(44)42-25-23-31-13-11-12-18-35(31)39(29(42)3)32-14-7-5-8-15-32/h4-22,27-29,39-40H,1,23-26H2,2-3H3/b22-20-/t28-,29+,39+,40+/m0/s1. The number of fused-ring (bicyclic) bond motifs is 2. The van der Waals surface area contributed by atoms with Crippen molar-refractivity contribution in [1.82, 2.24) is 9.80 Å². The molecule has 4 nitrogen and oxygen atoms in total. The van der Waals surface area contributed by atoms with E-state index < -0.39 is 0 Å². The van der Waals surface area contributed by atoms with Crippen LogP contribution in [0.4, 0.5) is 0 Å². The zero-order valence-corrected chi connectivity index (χ0v) is 25.6. The SMILES string of the molecule is C=CC(=O)N1CCc2cc(/C=C\C(=O)N3CCc4ccccc4[C@@H](c4ccccc4)[C@H]3C)ccc2[C@@H](c2ccccc2)[C@@H]1C. The number of hydrogen-bond acceptors (Lipinski definition) is 2. The highest BCUT2D eigenvalue weighted by Gasteiger charge is 2.34. The van der Waals surface area contributed by atoms with Crippen molar-refractivity contribution in [2.45, 2.75) is 50.6 Å². The minimum Gasteiger partial charge on any atom is -0.335 e. The second-order valence-corrected chi connectivity index (χ2v) is 12.0. The van der Waals surface area contributed by atoms with Crippen molar-refractivity contribution in [2.24, 2.45) is 0 Å². The van der Waals surface area contributed by atoms with Crippen molar-refractivity contribution in [3.05, 3.63) is 161 Å². The van der Waals surface area contributed by atoms with Gasteiger partial charge in [0.05, 0.1) is 0 Å². The Morgan fingerprint density at radius 1 is 0.659 bits per heavy atom. The smallest absolute Gasteiger partial charge is 0.246 e. The number of amides is 2. The van der Waals surface area contributed by atoms with E-state index in [2.05, 4.69) is 111 Å². The third-order valence-corrected chi connectivity index (χ3v) is 9.56. The van der Waals surface area contributed by atoms with Crippen molar-refractivity contribution in [2.75, 3.05) is 13.1 Å². The Morgan fingerprint density at radius 3 is 1.80 bits per heavy atom. The molecule has 44 heavy (non-hydrogen) atoms. The molecule has 0 fully saturated rings. The Labute approximate surface area is 261 Å². The van der Waals surface area contributed by atoms with Crippen molar-refractivity contribution >= 4 is 17.9 Å². The monoisotopic (exact) mass is 580 g/mol. The van der Waals surface area contributed by atoms with Gasteiger partial charge in [-0.25, -0.2) is 0 Å². The van der Waals surface area contributed by atoms with Gasteiger partial charge in [-0.3, -0.25) is 9.59 Å². The number of nitrogens with zero attached hydrogens (tertiary/aromatic N) is 2. The summed E-state index contributed by atoms with van der Waals surface area (Å²) < 4.78 is 0. The molecule has 4 aromatic rings. The lowest BCUT2D eigenvalue weighted by Crippen LogP contribution is -2.41. The molecule has 0 radical (unpaired) electrons. The molecule has 2 amide bonds. The summed E-state index contributed by atoms with van der Waals surface area (Å²) in [7, 11) is 0. The molecule has 0 saturated carbocycles. The highest BCUT2D eigenvalue weighted by atomic mass is 16.2. The van der Waals surface area contributed by atoms with Crippen LogP contribution in [0, 0.1) is 0 Å². The number of carbonyl (C=O) groups is 2. The maximum absolute atomic E-state index is 13.8. The van der Waals surface area contributed by atoms with E-state index in [1.165, 1.54) is 39.5 Å². The largest absolute Gasteiger partial charge is 0.335 e. The zero-order valence-electron chi connectivity index (χ0n) is 25.6. The minimum absolute atomic E-state index is 0.00624. The van der Waals surface area contributed by atoms with Crippen molar-refractivity contribution in [3.8, 4) is 0 Å². The highest BCUT2D eigenvalue weighted by molar-refractivity contribution is 5.92. The molecule has 4 aromatic carbocycles. The van der Waals surface area contributed by atoms with E-state index in [-0.39, 0.29) is 35.7 Å². The number of carbonyl (C=O) groups excluding carboxylic acids is 2. The Balaban J connectivity index is 1.29. The van der Waals surface area contributed by atoms with Crippen LogP contribution in [0.5, 0.6) is 0 Å². The predicted molar refractivity (Wildman–Crippen MR) is 178 cm³/mol. The van der Waals surface area contributed by atoms with Gasteiger partial charge in [-0.1, -0.05) is 110 Å². The first-order valence-electron chi connectivity index (χ1n) is 15.7. The van der Waals surface area contributed by atoms with Gasteiger partial charge in [-0.2, -0.15) is 0 Å². The zero-order chi connectivity index (χ0) is 30.6. The van der Waals surface area contributed by atoms with Gasteiger partial charge in [0, 0.05) is 43.1 Å². The molecule has 0 saturated heterocycles. The predicted octanol–water partition coefficient (Wildman–Crippen LogP) is 7.40. The van der Waals surface area contributed by atoms with Crippen LogP contribution in [0.2, 0.25) is 0 Å². The molecule has 0 N–H and O–H groups in total. The lowest BCUT2D eigenvalue weighted by molar-refractivity contribution is -0.128. The van der Waals surface area contributed by atoms with Gasteiger partial charge in [0.1, 0.15) is 0 Å². The Hall–Kier alpha value is -4.70. The van der Waals surface area contributed by atoms with E-state index in [0.717, 1.165) is 18.4 Å². The molecule has 0 spiro atoms. The second-order valence-electron chi connectivity index (χ2n) is 12.0. The van der Waals surface area contributed by atoms with Gasteiger partial charge in [-0.15, -0.1) is 0 Å². The van der Waals surface area contributed by atoms with Crippen LogP contribution < -0.4 is 0 Å². The molecule has 222 valence electrons. The number of rotatable bonds is 5. The highest BCUT2D eigenvalue weighted by Crippen LogP contribution is 2.38. The third kappa shape index (κ3) is 5.77. The molecule has 0 aromatic heterocycles. The quantitative estimate of drug-likeness (QED) is 0.231. The maximum Gasteiger partial charge on any atom is 0.246 e. The summed E-state index contributed by atoms with van der Waals surface area (Å²) in [6.45, 7) is 9.36. The van der Waals surface area contributed by atoms with Gasteiger partial charge in [0.25, 0.3) is 0 Å². The Kier molecular flexibility index (Phi) is 8.60. The van der Waals surface area contributed by atoms with Crippen LogP contribution in [0.25, 0.3) is 6.08 Å². The fourth-order valence-electron chi connectivity index (χ4n) is 7.32. The molecule has 4 heteroatoms. The summed E-state index contributed by atoms with van der Waals surface area (Å²) in [6, 6.07) is 36.0. The van der Waals surface area contributed by atoms with E-state index in [1.807, 2.05) is 28.0 Å². The van der Waals surface area contributed by atoms with Gasteiger partial charge in [0.15, 0.2) is 0 Å². The maximum atomic E-state index is 13.8. The first-order chi connectivity index (χ1) is 21.5. The van der Waals surface area contributed by atoms with Crippen LogP contribution in [0.15, 0.2) is 122 Å². The summed E-state index contributed by atoms with van der Waals surface area (Å²) in [5, 5.41) is 0.